The second kappa shape index (κ2) is 3.51. The van der Waals surface area contributed by atoms with Gasteiger partial charge in [-0.1, -0.05) is 6.92 Å². The molecule has 13 heavy (non-hydrogen) atoms. The fraction of sp³-hybridized carbons (Fsp3) is 0.545. The van der Waals surface area contributed by atoms with Crippen molar-refractivity contribution in [3.63, 3.8) is 0 Å². The number of thiazole rings is 1. The summed E-state index contributed by atoms with van der Waals surface area (Å²) in [4.78, 5) is 6.02. The maximum absolute atomic E-state index is 4.55. The minimum Gasteiger partial charge on any atom is -0.246 e. The van der Waals surface area contributed by atoms with E-state index < -0.39 is 0 Å². The molecule has 1 aliphatic rings. The van der Waals surface area contributed by atoms with E-state index in [1.54, 1.807) is 0 Å². The molecule has 0 radical (unpaired) electrons. The van der Waals surface area contributed by atoms with Crippen LogP contribution in [0.3, 0.4) is 0 Å². The Morgan fingerprint density at radius 1 is 1.46 bits per heavy atom. The molecular weight excluding hydrogens is 178 g/mol. The first kappa shape index (κ1) is 8.77. The maximum Gasteiger partial charge on any atom is 0.0900 e. The lowest BCUT2D eigenvalue weighted by atomic mass is 10.0. The summed E-state index contributed by atoms with van der Waals surface area (Å²) in [6.45, 7) is 4.33. The van der Waals surface area contributed by atoms with Crippen molar-refractivity contribution in [2.75, 3.05) is 0 Å². The molecule has 0 fully saturated rings. The van der Waals surface area contributed by atoms with E-state index in [2.05, 4.69) is 30.7 Å². The third-order valence-corrected chi connectivity index (χ3v) is 3.55. The highest BCUT2D eigenvalue weighted by atomic mass is 32.1. The van der Waals surface area contributed by atoms with E-state index in [1.165, 1.54) is 15.6 Å². The summed E-state index contributed by atoms with van der Waals surface area (Å²) in [6.07, 6.45) is 3.01. The van der Waals surface area contributed by atoms with Gasteiger partial charge in [-0.05, 0) is 6.92 Å². The smallest absolute Gasteiger partial charge is 0.0900 e. The molecule has 0 bridgehead atoms. The van der Waals surface area contributed by atoms with E-state index in [1.807, 2.05) is 11.3 Å². The molecule has 0 aliphatic heterocycles. The minimum atomic E-state index is 0.578. The Morgan fingerprint density at radius 2 is 2.31 bits per heavy atom. The number of aromatic nitrogens is 1. The lowest BCUT2D eigenvalue weighted by Crippen LogP contribution is -1.98. The Hall–Kier alpha value is -0.810. The van der Waals surface area contributed by atoms with Gasteiger partial charge < -0.3 is 0 Å². The van der Waals surface area contributed by atoms with Crippen LogP contribution in [0.25, 0.3) is 0 Å². The fourth-order valence-electron chi connectivity index (χ4n) is 1.64. The van der Waals surface area contributed by atoms with Crippen LogP contribution in [0, 0.1) is 18.8 Å². The zero-order valence-electron chi connectivity index (χ0n) is 8.05. The molecule has 1 aromatic rings. The molecule has 2 rings (SSSR count). The summed E-state index contributed by atoms with van der Waals surface area (Å²) in [7, 11) is 0. The molecule has 1 nitrogen and oxygen atoms in total. The summed E-state index contributed by atoms with van der Waals surface area (Å²) < 4.78 is 0. The standard InChI is InChI=1S/C11H13NS/c1-8-6-4-3-5-7-10-11(8)13-9(2)12-10/h8H,5-7H2,1-2H3. The van der Waals surface area contributed by atoms with E-state index in [9.17, 15) is 0 Å². The van der Waals surface area contributed by atoms with Crippen LogP contribution in [-0.2, 0) is 6.42 Å². The third-order valence-electron chi connectivity index (χ3n) is 2.30. The van der Waals surface area contributed by atoms with Crippen molar-refractivity contribution in [2.45, 2.75) is 39.0 Å². The highest BCUT2D eigenvalue weighted by Gasteiger charge is 2.15. The quantitative estimate of drug-likeness (QED) is 0.575. The van der Waals surface area contributed by atoms with E-state index >= 15 is 0 Å². The van der Waals surface area contributed by atoms with Gasteiger partial charge in [-0.15, -0.1) is 23.2 Å². The van der Waals surface area contributed by atoms with Crippen LogP contribution < -0.4 is 0 Å². The molecule has 0 N–H and O–H groups in total. The zero-order valence-corrected chi connectivity index (χ0v) is 8.87. The average molecular weight is 191 g/mol. The number of aryl methyl sites for hydroxylation is 2. The molecule has 0 spiro atoms. The molecule has 1 unspecified atom stereocenters. The number of hydrogen-bond acceptors (Lipinski definition) is 2. The van der Waals surface area contributed by atoms with Crippen molar-refractivity contribution < 1.29 is 0 Å². The van der Waals surface area contributed by atoms with Gasteiger partial charge in [-0.2, -0.15) is 0 Å². The lowest BCUT2D eigenvalue weighted by Gasteiger charge is -2.08. The highest BCUT2D eigenvalue weighted by molar-refractivity contribution is 7.11. The molecule has 1 atom stereocenters. The Kier molecular flexibility index (Phi) is 2.37. The fourth-order valence-corrected chi connectivity index (χ4v) is 2.66. The van der Waals surface area contributed by atoms with Gasteiger partial charge in [0.2, 0.25) is 0 Å². The molecule has 0 aromatic carbocycles. The van der Waals surface area contributed by atoms with Crippen molar-refractivity contribution in [1.29, 1.82) is 0 Å². The van der Waals surface area contributed by atoms with Gasteiger partial charge >= 0.3 is 0 Å². The first-order valence-electron chi connectivity index (χ1n) is 4.69. The molecule has 1 aromatic heterocycles. The molecular formula is C11H13NS. The zero-order chi connectivity index (χ0) is 9.26. The van der Waals surface area contributed by atoms with Gasteiger partial charge in [0, 0.05) is 30.1 Å². The summed E-state index contributed by atoms with van der Waals surface area (Å²) in [5, 5.41) is 1.19. The van der Waals surface area contributed by atoms with Crippen LogP contribution in [-0.4, -0.2) is 4.98 Å². The molecule has 0 amide bonds. The monoisotopic (exact) mass is 191 g/mol. The average Bonchev–Trinajstić information content (AvgIpc) is 2.43. The topological polar surface area (TPSA) is 12.9 Å². The van der Waals surface area contributed by atoms with Gasteiger partial charge in [0.05, 0.1) is 10.7 Å². The van der Waals surface area contributed by atoms with E-state index in [4.69, 9.17) is 0 Å². The van der Waals surface area contributed by atoms with Gasteiger partial charge in [-0.25, -0.2) is 4.98 Å². The van der Waals surface area contributed by atoms with Crippen LogP contribution in [0.15, 0.2) is 0 Å². The summed E-state index contributed by atoms with van der Waals surface area (Å²) in [5.74, 6) is 6.98. The van der Waals surface area contributed by atoms with Crippen LogP contribution >= 0.6 is 11.3 Å². The van der Waals surface area contributed by atoms with Crippen molar-refractivity contribution in [3.8, 4) is 11.8 Å². The molecule has 1 aliphatic carbocycles. The van der Waals surface area contributed by atoms with E-state index in [-0.39, 0.29) is 0 Å². The molecule has 68 valence electrons. The summed E-state index contributed by atoms with van der Waals surface area (Å²) >= 11 is 1.84. The Balaban J connectivity index is 2.38. The van der Waals surface area contributed by atoms with Crippen molar-refractivity contribution in [2.24, 2.45) is 0 Å². The van der Waals surface area contributed by atoms with Crippen molar-refractivity contribution >= 4 is 11.3 Å². The SMILES string of the molecule is Cc1nc2c(s1)C(C)CC#CCC2. The first-order valence-corrected chi connectivity index (χ1v) is 5.51. The Labute approximate surface area is 83.2 Å². The van der Waals surface area contributed by atoms with Gasteiger partial charge in [0.25, 0.3) is 0 Å². The van der Waals surface area contributed by atoms with E-state index in [0.717, 1.165) is 19.3 Å². The van der Waals surface area contributed by atoms with Gasteiger partial charge in [-0.3, -0.25) is 0 Å². The maximum atomic E-state index is 4.55. The number of hydrogen-bond donors (Lipinski definition) is 0. The van der Waals surface area contributed by atoms with Gasteiger partial charge in [0.15, 0.2) is 0 Å². The van der Waals surface area contributed by atoms with Crippen molar-refractivity contribution in [1.82, 2.24) is 4.98 Å². The summed E-state index contributed by atoms with van der Waals surface area (Å²) in [6, 6.07) is 0. The van der Waals surface area contributed by atoms with Crippen LogP contribution in [0.1, 0.15) is 41.3 Å². The van der Waals surface area contributed by atoms with Crippen LogP contribution in [0.5, 0.6) is 0 Å². The second-order valence-corrected chi connectivity index (χ2v) is 4.74. The number of fused-ring (bicyclic) bond motifs is 1. The predicted octanol–water partition coefficient (Wildman–Crippen LogP) is 2.89. The van der Waals surface area contributed by atoms with Crippen LogP contribution in [0.2, 0.25) is 0 Å². The largest absolute Gasteiger partial charge is 0.246 e. The van der Waals surface area contributed by atoms with Crippen LogP contribution in [0.4, 0.5) is 0 Å². The highest BCUT2D eigenvalue weighted by Crippen LogP contribution is 2.30. The molecule has 0 saturated carbocycles. The Morgan fingerprint density at radius 3 is 3.15 bits per heavy atom. The second-order valence-electron chi connectivity index (χ2n) is 3.50. The molecule has 0 saturated heterocycles. The number of rotatable bonds is 0. The Bertz CT molecular complexity index is 367. The third kappa shape index (κ3) is 1.76. The molecule has 1 heterocycles. The molecule has 2 heteroatoms. The summed E-state index contributed by atoms with van der Waals surface area (Å²) in [5.41, 5.74) is 1.30. The predicted molar refractivity (Wildman–Crippen MR) is 56.0 cm³/mol. The van der Waals surface area contributed by atoms with Gasteiger partial charge in [0.1, 0.15) is 0 Å². The first-order chi connectivity index (χ1) is 6.27. The normalized spacial score (nSPS) is 20.9. The van der Waals surface area contributed by atoms with Crippen molar-refractivity contribution in [3.05, 3.63) is 15.6 Å². The minimum absolute atomic E-state index is 0.578. The van der Waals surface area contributed by atoms with E-state index in [0.29, 0.717) is 5.92 Å². The number of nitrogens with zero attached hydrogens (tertiary/aromatic N) is 1. The lowest BCUT2D eigenvalue weighted by molar-refractivity contribution is 0.777.